The third kappa shape index (κ3) is 5.09. The summed E-state index contributed by atoms with van der Waals surface area (Å²) in [5, 5.41) is 5.45. The molecule has 0 aromatic heterocycles. The van der Waals surface area contributed by atoms with Crippen LogP contribution in [0.2, 0.25) is 0 Å². The van der Waals surface area contributed by atoms with Crippen LogP contribution in [0, 0.1) is 0 Å². The van der Waals surface area contributed by atoms with Crippen molar-refractivity contribution in [3.8, 4) is 0 Å². The van der Waals surface area contributed by atoms with E-state index in [0.29, 0.717) is 6.04 Å². The number of piperidine rings is 1. The molecule has 92 valence electrons. The van der Waals surface area contributed by atoms with Gasteiger partial charge >= 0.3 is 6.03 Å². The SMILES string of the molecule is CN(CC(=O)NC(N)=O)CC1CCCCN1. The quantitative estimate of drug-likeness (QED) is 0.591. The highest BCUT2D eigenvalue weighted by molar-refractivity contribution is 5.94. The van der Waals surface area contributed by atoms with Gasteiger partial charge in [0.1, 0.15) is 0 Å². The van der Waals surface area contributed by atoms with E-state index in [2.05, 4.69) is 5.32 Å². The smallest absolute Gasteiger partial charge is 0.318 e. The number of nitrogens with zero attached hydrogens (tertiary/aromatic N) is 1. The number of imide groups is 1. The van der Waals surface area contributed by atoms with Crippen molar-refractivity contribution in [1.82, 2.24) is 15.5 Å². The van der Waals surface area contributed by atoms with Crippen molar-refractivity contribution in [2.24, 2.45) is 5.73 Å². The van der Waals surface area contributed by atoms with Crippen molar-refractivity contribution >= 4 is 11.9 Å². The molecule has 1 saturated heterocycles. The van der Waals surface area contributed by atoms with Crippen LogP contribution in [0.25, 0.3) is 0 Å². The molecular formula is C10H20N4O2. The molecule has 1 fully saturated rings. The van der Waals surface area contributed by atoms with E-state index in [4.69, 9.17) is 5.73 Å². The summed E-state index contributed by atoms with van der Waals surface area (Å²) >= 11 is 0. The van der Waals surface area contributed by atoms with Crippen molar-refractivity contribution in [1.29, 1.82) is 0 Å². The van der Waals surface area contributed by atoms with Crippen LogP contribution in [0.5, 0.6) is 0 Å². The van der Waals surface area contributed by atoms with Gasteiger partial charge in [0.25, 0.3) is 0 Å². The molecule has 0 radical (unpaired) electrons. The molecule has 1 rings (SSSR count). The number of nitrogens with two attached hydrogens (primary N) is 1. The lowest BCUT2D eigenvalue weighted by Crippen LogP contribution is -2.46. The van der Waals surface area contributed by atoms with E-state index >= 15 is 0 Å². The summed E-state index contributed by atoms with van der Waals surface area (Å²) in [6.07, 6.45) is 3.60. The molecule has 1 aliphatic heterocycles. The number of hydrogen-bond donors (Lipinski definition) is 3. The minimum absolute atomic E-state index is 0.196. The monoisotopic (exact) mass is 228 g/mol. The van der Waals surface area contributed by atoms with Gasteiger partial charge in [-0.3, -0.25) is 15.0 Å². The van der Waals surface area contributed by atoms with Crippen LogP contribution in [0.15, 0.2) is 0 Å². The number of nitrogens with one attached hydrogen (secondary N) is 2. The van der Waals surface area contributed by atoms with E-state index in [-0.39, 0.29) is 12.5 Å². The first-order valence-electron chi connectivity index (χ1n) is 5.59. The number of carbonyl (C=O) groups excluding carboxylic acids is 2. The average Bonchev–Trinajstić information content (AvgIpc) is 2.17. The van der Waals surface area contributed by atoms with E-state index in [9.17, 15) is 9.59 Å². The predicted molar refractivity (Wildman–Crippen MR) is 60.9 cm³/mol. The molecule has 1 unspecified atom stereocenters. The third-order valence-corrected chi connectivity index (χ3v) is 2.62. The van der Waals surface area contributed by atoms with Crippen molar-refractivity contribution in [2.75, 3.05) is 26.7 Å². The predicted octanol–water partition coefficient (Wildman–Crippen LogP) is -0.745. The normalized spacial score (nSPS) is 20.8. The van der Waals surface area contributed by atoms with E-state index in [1.807, 2.05) is 17.3 Å². The third-order valence-electron chi connectivity index (χ3n) is 2.62. The maximum absolute atomic E-state index is 11.2. The van der Waals surface area contributed by atoms with Crippen LogP contribution in [-0.2, 0) is 4.79 Å². The van der Waals surface area contributed by atoms with Gasteiger partial charge in [0, 0.05) is 12.6 Å². The second kappa shape index (κ2) is 6.44. The Kier molecular flexibility index (Phi) is 5.21. The average molecular weight is 228 g/mol. The first kappa shape index (κ1) is 12.9. The highest BCUT2D eigenvalue weighted by Crippen LogP contribution is 2.07. The molecule has 0 aromatic rings. The van der Waals surface area contributed by atoms with Gasteiger partial charge in [-0.15, -0.1) is 0 Å². The highest BCUT2D eigenvalue weighted by Gasteiger charge is 2.16. The van der Waals surface area contributed by atoms with Crippen molar-refractivity contribution in [3.05, 3.63) is 0 Å². The molecule has 0 aliphatic carbocycles. The second-order valence-corrected chi connectivity index (χ2v) is 4.26. The number of hydrogen-bond acceptors (Lipinski definition) is 4. The summed E-state index contributed by atoms with van der Waals surface area (Å²) in [4.78, 5) is 23.6. The zero-order valence-corrected chi connectivity index (χ0v) is 9.66. The van der Waals surface area contributed by atoms with Crippen LogP contribution in [0.3, 0.4) is 0 Å². The Morgan fingerprint density at radius 1 is 1.50 bits per heavy atom. The van der Waals surface area contributed by atoms with Crippen LogP contribution in [0.4, 0.5) is 4.79 Å². The fourth-order valence-corrected chi connectivity index (χ4v) is 1.94. The molecule has 1 atom stereocenters. The van der Waals surface area contributed by atoms with Gasteiger partial charge in [0.15, 0.2) is 0 Å². The molecule has 0 saturated carbocycles. The topological polar surface area (TPSA) is 87.5 Å². The lowest BCUT2D eigenvalue weighted by Gasteiger charge is -2.27. The lowest BCUT2D eigenvalue weighted by atomic mass is 10.0. The molecular weight excluding hydrogens is 208 g/mol. The lowest BCUT2D eigenvalue weighted by molar-refractivity contribution is -0.120. The summed E-state index contributed by atoms with van der Waals surface area (Å²) < 4.78 is 0. The zero-order valence-electron chi connectivity index (χ0n) is 9.66. The molecule has 1 heterocycles. The Morgan fingerprint density at radius 3 is 2.81 bits per heavy atom. The van der Waals surface area contributed by atoms with E-state index in [1.165, 1.54) is 12.8 Å². The number of rotatable bonds is 4. The van der Waals surface area contributed by atoms with Gasteiger partial charge in [0.05, 0.1) is 6.54 Å². The zero-order chi connectivity index (χ0) is 12.0. The van der Waals surface area contributed by atoms with Gasteiger partial charge in [-0.05, 0) is 26.4 Å². The van der Waals surface area contributed by atoms with Crippen molar-refractivity contribution in [2.45, 2.75) is 25.3 Å². The number of primary amides is 1. The van der Waals surface area contributed by atoms with Crippen LogP contribution < -0.4 is 16.4 Å². The Hall–Kier alpha value is -1.14. The van der Waals surface area contributed by atoms with Gasteiger partial charge < -0.3 is 11.1 Å². The van der Waals surface area contributed by atoms with Crippen molar-refractivity contribution in [3.63, 3.8) is 0 Å². The van der Waals surface area contributed by atoms with Crippen molar-refractivity contribution < 1.29 is 9.59 Å². The summed E-state index contributed by atoms with van der Waals surface area (Å²) in [6, 6.07) is -0.352. The molecule has 3 amide bonds. The van der Waals surface area contributed by atoms with Crippen LogP contribution >= 0.6 is 0 Å². The summed E-state index contributed by atoms with van der Waals surface area (Å²) in [5.41, 5.74) is 4.85. The van der Waals surface area contributed by atoms with Crippen LogP contribution in [0.1, 0.15) is 19.3 Å². The molecule has 16 heavy (non-hydrogen) atoms. The molecule has 1 aliphatic rings. The number of urea groups is 1. The molecule has 0 aromatic carbocycles. The van der Waals surface area contributed by atoms with E-state index < -0.39 is 6.03 Å². The molecule has 0 bridgehead atoms. The summed E-state index contributed by atoms with van der Waals surface area (Å²) in [5.74, 6) is -0.356. The van der Waals surface area contributed by atoms with Gasteiger partial charge in [0.2, 0.25) is 5.91 Å². The van der Waals surface area contributed by atoms with Crippen LogP contribution in [-0.4, -0.2) is 49.6 Å². The largest absolute Gasteiger partial charge is 0.351 e. The molecule has 6 heteroatoms. The van der Waals surface area contributed by atoms with E-state index in [0.717, 1.165) is 19.5 Å². The fraction of sp³-hybridized carbons (Fsp3) is 0.800. The first-order chi connectivity index (χ1) is 7.58. The number of carbonyl (C=O) groups is 2. The Morgan fingerprint density at radius 2 is 2.25 bits per heavy atom. The van der Waals surface area contributed by atoms with E-state index in [1.54, 1.807) is 0 Å². The van der Waals surface area contributed by atoms with Gasteiger partial charge in [-0.1, -0.05) is 6.42 Å². The molecule has 4 N–H and O–H groups in total. The fourth-order valence-electron chi connectivity index (χ4n) is 1.94. The summed E-state index contributed by atoms with van der Waals surface area (Å²) in [6.45, 7) is 2.05. The van der Waals surface area contributed by atoms with Gasteiger partial charge in [-0.2, -0.15) is 0 Å². The maximum Gasteiger partial charge on any atom is 0.318 e. The highest BCUT2D eigenvalue weighted by atomic mass is 16.2. The summed E-state index contributed by atoms with van der Waals surface area (Å²) in [7, 11) is 1.86. The Labute approximate surface area is 95.5 Å². The molecule has 0 spiro atoms. The minimum Gasteiger partial charge on any atom is -0.351 e. The number of amides is 3. The molecule has 6 nitrogen and oxygen atoms in total. The minimum atomic E-state index is -0.797. The van der Waals surface area contributed by atoms with Gasteiger partial charge in [-0.25, -0.2) is 4.79 Å². The Bertz CT molecular complexity index is 251. The Balaban J connectivity index is 2.21. The second-order valence-electron chi connectivity index (χ2n) is 4.26. The first-order valence-corrected chi connectivity index (χ1v) is 5.59. The standard InChI is InChI=1S/C10H20N4O2/c1-14(7-9(15)13-10(11)16)6-8-4-2-3-5-12-8/h8,12H,2-7H2,1H3,(H3,11,13,15,16). The maximum atomic E-state index is 11.2. The number of likely N-dealkylation sites (N-methyl/N-ethyl adjacent to an activating group) is 1.